The number of ether oxygens (including phenoxy) is 3. The van der Waals surface area contributed by atoms with Crippen LogP contribution in [0.15, 0.2) is 42.5 Å². The van der Waals surface area contributed by atoms with Gasteiger partial charge in [-0.15, -0.1) is 0 Å². The van der Waals surface area contributed by atoms with Crippen molar-refractivity contribution in [3.63, 3.8) is 0 Å². The van der Waals surface area contributed by atoms with Gasteiger partial charge in [-0.05, 0) is 30.0 Å². The third kappa shape index (κ3) is 4.66. The van der Waals surface area contributed by atoms with E-state index in [4.69, 9.17) is 14.2 Å². The molecular formula is C20H25NO4. The van der Waals surface area contributed by atoms with E-state index in [9.17, 15) is 4.79 Å². The zero-order chi connectivity index (χ0) is 18.2. The molecule has 5 heteroatoms. The smallest absolute Gasteiger partial charge is 0.251 e. The van der Waals surface area contributed by atoms with E-state index in [2.05, 4.69) is 24.4 Å². The van der Waals surface area contributed by atoms with E-state index in [1.54, 1.807) is 12.1 Å². The fourth-order valence-electron chi connectivity index (χ4n) is 2.66. The summed E-state index contributed by atoms with van der Waals surface area (Å²) in [6.45, 7) is 2.74. The SMILES string of the molecule is COc1cc(C(=O)NCCC(C)c2ccccc2)cc(OC)c1OC. The zero-order valence-electron chi connectivity index (χ0n) is 15.2. The second-order valence-corrected chi connectivity index (χ2v) is 5.77. The van der Waals surface area contributed by atoms with Crippen LogP contribution in [0.5, 0.6) is 17.2 Å². The average molecular weight is 343 g/mol. The summed E-state index contributed by atoms with van der Waals surface area (Å²) >= 11 is 0. The fraction of sp³-hybridized carbons (Fsp3) is 0.350. The number of carbonyl (C=O) groups is 1. The zero-order valence-corrected chi connectivity index (χ0v) is 15.2. The second kappa shape index (κ2) is 8.97. The van der Waals surface area contributed by atoms with Gasteiger partial charge in [-0.3, -0.25) is 4.79 Å². The Balaban J connectivity index is 2.01. The van der Waals surface area contributed by atoms with Crippen molar-refractivity contribution < 1.29 is 19.0 Å². The third-order valence-electron chi connectivity index (χ3n) is 4.16. The first-order valence-electron chi connectivity index (χ1n) is 8.23. The summed E-state index contributed by atoms with van der Waals surface area (Å²) in [4.78, 5) is 12.4. The van der Waals surface area contributed by atoms with Crippen molar-refractivity contribution >= 4 is 5.91 Å². The van der Waals surface area contributed by atoms with Gasteiger partial charge in [-0.2, -0.15) is 0 Å². The Hall–Kier alpha value is -2.69. The Morgan fingerprint density at radius 1 is 1.00 bits per heavy atom. The molecule has 0 aliphatic heterocycles. The molecule has 0 bridgehead atoms. The van der Waals surface area contributed by atoms with Gasteiger partial charge in [0.2, 0.25) is 5.75 Å². The van der Waals surface area contributed by atoms with Crippen LogP contribution in [0.2, 0.25) is 0 Å². The fourth-order valence-corrected chi connectivity index (χ4v) is 2.66. The molecular weight excluding hydrogens is 318 g/mol. The lowest BCUT2D eigenvalue weighted by molar-refractivity contribution is 0.0952. The Labute approximate surface area is 148 Å². The van der Waals surface area contributed by atoms with Gasteiger partial charge in [0.25, 0.3) is 5.91 Å². The minimum Gasteiger partial charge on any atom is -0.493 e. The van der Waals surface area contributed by atoms with Crippen molar-refractivity contribution in [3.05, 3.63) is 53.6 Å². The van der Waals surface area contributed by atoms with Gasteiger partial charge in [0.05, 0.1) is 21.3 Å². The van der Waals surface area contributed by atoms with E-state index in [-0.39, 0.29) is 5.91 Å². The summed E-state index contributed by atoms with van der Waals surface area (Å²) in [7, 11) is 4.59. The highest BCUT2D eigenvalue weighted by Crippen LogP contribution is 2.38. The average Bonchev–Trinajstić information content (AvgIpc) is 2.67. The van der Waals surface area contributed by atoms with Crippen LogP contribution in [-0.4, -0.2) is 33.8 Å². The summed E-state index contributed by atoms with van der Waals surface area (Å²) in [6.07, 6.45) is 0.861. The van der Waals surface area contributed by atoms with Crippen LogP contribution in [0.1, 0.15) is 35.2 Å². The number of benzene rings is 2. The Morgan fingerprint density at radius 3 is 2.12 bits per heavy atom. The van der Waals surface area contributed by atoms with Gasteiger partial charge in [0.15, 0.2) is 11.5 Å². The first-order valence-corrected chi connectivity index (χ1v) is 8.23. The molecule has 134 valence electrons. The monoisotopic (exact) mass is 343 g/mol. The van der Waals surface area contributed by atoms with Crippen LogP contribution < -0.4 is 19.5 Å². The standard InChI is InChI=1S/C20H25NO4/c1-14(15-8-6-5-7-9-15)10-11-21-20(22)16-12-17(23-2)19(25-4)18(13-16)24-3/h5-9,12-14H,10-11H2,1-4H3,(H,21,22). The summed E-state index contributed by atoms with van der Waals surface area (Å²) < 4.78 is 15.8. The number of hydrogen-bond acceptors (Lipinski definition) is 4. The molecule has 0 aliphatic carbocycles. The van der Waals surface area contributed by atoms with Gasteiger partial charge < -0.3 is 19.5 Å². The normalized spacial score (nSPS) is 11.5. The molecule has 1 unspecified atom stereocenters. The number of carbonyl (C=O) groups excluding carboxylic acids is 1. The number of rotatable bonds is 8. The molecule has 2 aromatic carbocycles. The minimum absolute atomic E-state index is 0.167. The van der Waals surface area contributed by atoms with Crippen molar-refractivity contribution in [3.8, 4) is 17.2 Å². The molecule has 1 atom stereocenters. The van der Waals surface area contributed by atoms with Crippen LogP contribution in [0.3, 0.4) is 0 Å². The lowest BCUT2D eigenvalue weighted by Crippen LogP contribution is -2.25. The lowest BCUT2D eigenvalue weighted by Gasteiger charge is -2.15. The van der Waals surface area contributed by atoms with Crippen molar-refractivity contribution in [2.24, 2.45) is 0 Å². The van der Waals surface area contributed by atoms with E-state index < -0.39 is 0 Å². The summed E-state index contributed by atoms with van der Waals surface area (Å²) in [5.41, 5.74) is 1.74. The Kier molecular flexibility index (Phi) is 6.69. The Bertz CT molecular complexity index is 675. The van der Waals surface area contributed by atoms with E-state index in [0.717, 1.165) is 6.42 Å². The topological polar surface area (TPSA) is 56.8 Å². The van der Waals surface area contributed by atoms with Crippen LogP contribution in [0, 0.1) is 0 Å². The van der Waals surface area contributed by atoms with Crippen molar-refractivity contribution in [2.45, 2.75) is 19.3 Å². The Morgan fingerprint density at radius 2 is 1.60 bits per heavy atom. The molecule has 0 aliphatic rings. The molecule has 0 saturated carbocycles. The molecule has 0 heterocycles. The molecule has 1 amide bonds. The van der Waals surface area contributed by atoms with Gasteiger partial charge in [0.1, 0.15) is 0 Å². The van der Waals surface area contributed by atoms with Crippen molar-refractivity contribution in [2.75, 3.05) is 27.9 Å². The molecule has 0 saturated heterocycles. The van der Waals surface area contributed by atoms with Crippen LogP contribution in [0.4, 0.5) is 0 Å². The van der Waals surface area contributed by atoms with E-state index in [1.807, 2.05) is 18.2 Å². The van der Waals surface area contributed by atoms with E-state index in [1.165, 1.54) is 26.9 Å². The highest BCUT2D eigenvalue weighted by atomic mass is 16.5. The number of nitrogens with one attached hydrogen (secondary N) is 1. The molecule has 1 N–H and O–H groups in total. The molecule has 0 fully saturated rings. The van der Waals surface area contributed by atoms with Crippen LogP contribution >= 0.6 is 0 Å². The third-order valence-corrected chi connectivity index (χ3v) is 4.16. The first-order chi connectivity index (χ1) is 12.1. The highest BCUT2D eigenvalue weighted by Gasteiger charge is 2.17. The predicted molar refractivity (Wildman–Crippen MR) is 97.9 cm³/mol. The second-order valence-electron chi connectivity index (χ2n) is 5.77. The van der Waals surface area contributed by atoms with E-state index in [0.29, 0.717) is 35.3 Å². The lowest BCUT2D eigenvalue weighted by atomic mass is 9.98. The van der Waals surface area contributed by atoms with Gasteiger partial charge in [0, 0.05) is 12.1 Å². The summed E-state index contributed by atoms with van der Waals surface area (Å²) in [5.74, 6) is 1.61. The predicted octanol–water partition coefficient (Wildman–Crippen LogP) is 3.64. The van der Waals surface area contributed by atoms with Crippen molar-refractivity contribution in [1.82, 2.24) is 5.32 Å². The number of hydrogen-bond donors (Lipinski definition) is 1. The molecule has 5 nitrogen and oxygen atoms in total. The molecule has 2 aromatic rings. The van der Waals surface area contributed by atoms with Crippen molar-refractivity contribution in [1.29, 1.82) is 0 Å². The maximum Gasteiger partial charge on any atom is 0.251 e. The van der Waals surface area contributed by atoms with Crippen LogP contribution in [0.25, 0.3) is 0 Å². The van der Waals surface area contributed by atoms with E-state index >= 15 is 0 Å². The molecule has 2 rings (SSSR count). The van der Waals surface area contributed by atoms with Gasteiger partial charge >= 0.3 is 0 Å². The molecule has 0 spiro atoms. The highest BCUT2D eigenvalue weighted by molar-refractivity contribution is 5.95. The maximum absolute atomic E-state index is 12.4. The molecule has 0 aromatic heterocycles. The first kappa shape index (κ1) is 18.6. The number of amides is 1. The minimum atomic E-state index is -0.167. The summed E-state index contributed by atoms with van der Waals surface area (Å²) in [6, 6.07) is 13.6. The largest absolute Gasteiger partial charge is 0.493 e. The quantitative estimate of drug-likeness (QED) is 0.795. The molecule has 0 radical (unpaired) electrons. The van der Waals surface area contributed by atoms with Gasteiger partial charge in [-0.25, -0.2) is 0 Å². The van der Waals surface area contributed by atoms with Crippen LogP contribution in [-0.2, 0) is 0 Å². The molecule has 25 heavy (non-hydrogen) atoms. The maximum atomic E-state index is 12.4. The number of methoxy groups -OCH3 is 3. The van der Waals surface area contributed by atoms with Gasteiger partial charge in [-0.1, -0.05) is 37.3 Å². The summed E-state index contributed by atoms with van der Waals surface area (Å²) in [5, 5.41) is 2.95.